The summed E-state index contributed by atoms with van der Waals surface area (Å²) in [7, 11) is 0. The maximum atomic E-state index is 5.02. The molecule has 1 aliphatic rings. The number of rotatable bonds is 2. The van der Waals surface area contributed by atoms with Gasteiger partial charge in [-0.1, -0.05) is 60.7 Å². The molecule has 0 aliphatic carbocycles. The summed E-state index contributed by atoms with van der Waals surface area (Å²) in [5.41, 5.74) is 7.27. The van der Waals surface area contributed by atoms with Crippen molar-refractivity contribution in [2.24, 2.45) is 0 Å². The molecule has 4 rings (SSSR count). The quantitative estimate of drug-likeness (QED) is 0.768. The number of nitrogens with zero attached hydrogens (tertiary/aromatic N) is 1. The van der Waals surface area contributed by atoms with E-state index in [1.54, 1.807) is 0 Å². The highest BCUT2D eigenvalue weighted by atomic mass is 14.9. The maximum Gasteiger partial charge on any atom is 0.0783 e. The van der Waals surface area contributed by atoms with E-state index in [4.69, 9.17) is 4.98 Å². The monoisotopic (exact) mass is 286 g/mol. The predicted octanol–water partition coefficient (Wildman–Crippen LogP) is 4.06. The van der Waals surface area contributed by atoms with E-state index in [-0.39, 0.29) is 0 Å². The summed E-state index contributed by atoms with van der Waals surface area (Å²) in [6.07, 6.45) is 1.00. The summed E-state index contributed by atoms with van der Waals surface area (Å²) in [6.45, 7) is 1.93. The topological polar surface area (TPSA) is 24.9 Å². The summed E-state index contributed by atoms with van der Waals surface area (Å²) >= 11 is 0. The van der Waals surface area contributed by atoms with Gasteiger partial charge in [-0.2, -0.15) is 0 Å². The van der Waals surface area contributed by atoms with Crippen molar-refractivity contribution in [3.8, 4) is 22.4 Å². The molecule has 0 saturated heterocycles. The lowest BCUT2D eigenvalue weighted by molar-refractivity contribution is 0.631. The zero-order valence-electron chi connectivity index (χ0n) is 12.4. The van der Waals surface area contributed by atoms with Crippen LogP contribution < -0.4 is 5.32 Å². The molecule has 1 aliphatic heterocycles. The van der Waals surface area contributed by atoms with Crippen LogP contribution in [0.1, 0.15) is 11.3 Å². The van der Waals surface area contributed by atoms with Crippen LogP contribution in [-0.4, -0.2) is 11.5 Å². The van der Waals surface area contributed by atoms with Crippen molar-refractivity contribution in [1.82, 2.24) is 10.3 Å². The van der Waals surface area contributed by atoms with E-state index in [9.17, 15) is 0 Å². The van der Waals surface area contributed by atoms with Gasteiger partial charge in [0.2, 0.25) is 0 Å². The summed E-state index contributed by atoms with van der Waals surface area (Å²) in [6, 6.07) is 23.3. The smallest absolute Gasteiger partial charge is 0.0783 e. The van der Waals surface area contributed by atoms with E-state index in [1.807, 2.05) is 6.07 Å². The van der Waals surface area contributed by atoms with Crippen molar-refractivity contribution in [3.05, 3.63) is 78.0 Å². The SMILES string of the molecule is c1ccc(-c2cc3c(nc2-c2ccccc2)CCNC3)cc1. The highest BCUT2D eigenvalue weighted by molar-refractivity contribution is 5.81. The molecule has 2 heterocycles. The second kappa shape index (κ2) is 5.74. The molecule has 2 nitrogen and oxygen atoms in total. The first-order chi connectivity index (χ1) is 10.9. The van der Waals surface area contributed by atoms with Gasteiger partial charge in [-0.25, -0.2) is 0 Å². The minimum absolute atomic E-state index is 0.914. The summed E-state index contributed by atoms with van der Waals surface area (Å²) in [4.78, 5) is 5.02. The molecule has 0 amide bonds. The van der Waals surface area contributed by atoms with Crippen LogP contribution in [0.3, 0.4) is 0 Å². The van der Waals surface area contributed by atoms with Crippen LogP contribution in [0.4, 0.5) is 0 Å². The Morgan fingerprint density at radius 3 is 2.23 bits per heavy atom. The maximum absolute atomic E-state index is 5.02. The molecule has 108 valence electrons. The summed E-state index contributed by atoms with van der Waals surface area (Å²) in [5.74, 6) is 0. The molecule has 0 radical (unpaired) electrons. The molecule has 0 unspecified atom stereocenters. The van der Waals surface area contributed by atoms with E-state index in [0.29, 0.717) is 0 Å². The van der Waals surface area contributed by atoms with E-state index >= 15 is 0 Å². The normalized spacial score (nSPS) is 13.6. The second-order valence-corrected chi connectivity index (χ2v) is 5.65. The van der Waals surface area contributed by atoms with Gasteiger partial charge >= 0.3 is 0 Å². The zero-order valence-corrected chi connectivity index (χ0v) is 12.4. The van der Waals surface area contributed by atoms with Crippen LogP contribution in [0.15, 0.2) is 66.7 Å². The lowest BCUT2D eigenvalue weighted by Gasteiger charge is -2.20. The molecule has 2 aromatic carbocycles. The van der Waals surface area contributed by atoms with Gasteiger partial charge in [-0.05, 0) is 17.2 Å². The van der Waals surface area contributed by atoms with Gasteiger partial charge in [0, 0.05) is 36.3 Å². The molecule has 3 aromatic rings. The largest absolute Gasteiger partial charge is 0.312 e. The highest BCUT2D eigenvalue weighted by Crippen LogP contribution is 2.33. The van der Waals surface area contributed by atoms with Gasteiger partial charge in [-0.15, -0.1) is 0 Å². The predicted molar refractivity (Wildman–Crippen MR) is 90.5 cm³/mol. The van der Waals surface area contributed by atoms with Crippen molar-refractivity contribution in [3.63, 3.8) is 0 Å². The van der Waals surface area contributed by atoms with E-state index in [1.165, 1.54) is 27.9 Å². The molecule has 0 saturated carbocycles. The lowest BCUT2D eigenvalue weighted by Crippen LogP contribution is -2.24. The van der Waals surface area contributed by atoms with Crippen LogP contribution in [-0.2, 0) is 13.0 Å². The van der Waals surface area contributed by atoms with Gasteiger partial charge in [0.15, 0.2) is 0 Å². The number of pyridine rings is 1. The molecule has 1 N–H and O–H groups in total. The van der Waals surface area contributed by atoms with Gasteiger partial charge in [0.1, 0.15) is 0 Å². The van der Waals surface area contributed by atoms with Crippen molar-refractivity contribution in [2.45, 2.75) is 13.0 Å². The summed E-state index contributed by atoms with van der Waals surface area (Å²) < 4.78 is 0. The molecule has 22 heavy (non-hydrogen) atoms. The first-order valence-electron chi connectivity index (χ1n) is 7.76. The lowest BCUT2D eigenvalue weighted by atomic mass is 9.95. The second-order valence-electron chi connectivity index (χ2n) is 5.65. The van der Waals surface area contributed by atoms with Crippen molar-refractivity contribution in [2.75, 3.05) is 6.54 Å². The minimum atomic E-state index is 0.914. The van der Waals surface area contributed by atoms with Crippen LogP contribution in [0.2, 0.25) is 0 Å². The van der Waals surface area contributed by atoms with Crippen LogP contribution in [0.5, 0.6) is 0 Å². The van der Waals surface area contributed by atoms with Crippen molar-refractivity contribution >= 4 is 0 Å². The Kier molecular flexibility index (Phi) is 3.45. The molecule has 0 bridgehead atoms. The standard InChI is InChI=1S/C20H18N2/c1-3-7-15(8-4-1)18-13-17-14-21-12-11-19(17)22-20(18)16-9-5-2-6-10-16/h1-10,13,21H,11-12,14H2. The molecule has 0 spiro atoms. The Labute approximate surface area is 130 Å². The molecule has 0 atom stereocenters. The Balaban J connectivity index is 1.95. The fourth-order valence-electron chi connectivity index (χ4n) is 3.05. The number of aromatic nitrogens is 1. The van der Waals surface area contributed by atoms with E-state index in [2.05, 4.69) is 66.0 Å². The van der Waals surface area contributed by atoms with E-state index < -0.39 is 0 Å². The summed E-state index contributed by atoms with van der Waals surface area (Å²) in [5, 5.41) is 3.44. The van der Waals surface area contributed by atoms with Crippen LogP contribution >= 0.6 is 0 Å². The fourth-order valence-corrected chi connectivity index (χ4v) is 3.05. The van der Waals surface area contributed by atoms with Crippen molar-refractivity contribution in [1.29, 1.82) is 0 Å². The van der Waals surface area contributed by atoms with Gasteiger partial charge in [-0.3, -0.25) is 4.98 Å². The molecule has 1 aromatic heterocycles. The minimum Gasteiger partial charge on any atom is -0.312 e. The molecule has 2 heteroatoms. The molecule has 0 fully saturated rings. The zero-order chi connectivity index (χ0) is 14.8. The number of hydrogen-bond acceptors (Lipinski definition) is 2. The number of benzene rings is 2. The highest BCUT2D eigenvalue weighted by Gasteiger charge is 2.16. The Bertz CT molecular complexity index is 711. The third-order valence-corrected chi connectivity index (χ3v) is 4.18. The average molecular weight is 286 g/mol. The van der Waals surface area contributed by atoms with Crippen LogP contribution in [0, 0.1) is 0 Å². The van der Waals surface area contributed by atoms with Gasteiger partial charge < -0.3 is 5.32 Å². The first-order valence-corrected chi connectivity index (χ1v) is 7.76. The Morgan fingerprint density at radius 2 is 1.50 bits per heavy atom. The Morgan fingerprint density at radius 1 is 0.818 bits per heavy atom. The van der Waals surface area contributed by atoms with E-state index in [0.717, 1.165) is 25.2 Å². The van der Waals surface area contributed by atoms with Crippen molar-refractivity contribution < 1.29 is 0 Å². The van der Waals surface area contributed by atoms with Gasteiger partial charge in [0.05, 0.1) is 5.69 Å². The average Bonchev–Trinajstić information content (AvgIpc) is 2.62. The third-order valence-electron chi connectivity index (χ3n) is 4.18. The fraction of sp³-hybridized carbons (Fsp3) is 0.150. The third kappa shape index (κ3) is 2.42. The first kappa shape index (κ1) is 13.2. The van der Waals surface area contributed by atoms with Gasteiger partial charge in [0.25, 0.3) is 0 Å². The molecular weight excluding hydrogens is 268 g/mol. The van der Waals surface area contributed by atoms with Crippen LogP contribution in [0.25, 0.3) is 22.4 Å². The number of nitrogens with one attached hydrogen (secondary N) is 1. The number of hydrogen-bond donors (Lipinski definition) is 1. The number of fused-ring (bicyclic) bond motifs is 1. The Hall–Kier alpha value is -2.45. The molecular formula is C20H18N2.